The highest BCUT2D eigenvalue weighted by molar-refractivity contribution is 5.72. The number of hydrogen-bond donors (Lipinski definition) is 9. The molecule has 6 rings (SSSR count). The van der Waals surface area contributed by atoms with E-state index in [9.17, 15) is 20.1 Å². The summed E-state index contributed by atoms with van der Waals surface area (Å²) in [7, 11) is 0. The highest BCUT2D eigenvalue weighted by Crippen LogP contribution is 2.39. The monoisotopic (exact) mass is 809 g/mol. The Kier molecular flexibility index (Phi) is 18.0. The van der Waals surface area contributed by atoms with Gasteiger partial charge in [-0.3, -0.25) is 26.6 Å². The van der Waals surface area contributed by atoms with Crippen LogP contribution in [0.4, 0.5) is 0 Å². The van der Waals surface area contributed by atoms with Crippen LogP contribution in [0.3, 0.4) is 0 Å². The second kappa shape index (κ2) is 22.8. The molecule has 0 amide bonds. The molecular formula is C43H80N6O8+2. The van der Waals surface area contributed by atoms with E-state index in [2.05, 4.69) is 20.9 Å². The van der Waals surface area contributed by atoms with Gasteiger partial charge in [0.2, 0.25) is 0 Å². The molecule has 3 aliphatic carbocycles. The molecule has 3 saturated heterocycles. The Morgan fingerprint density at radius 2 is 1.72 bits per heavy atom. The predicted molar refractivity (Wildman–Crippen MR) is 217 cm³/mol. The van der Waals surface area contributed by atoms with Crippen molar-refractivity contribution in [3.05, 3.63) is 0 Å². The van der Waals surface area contributed by atoms with Crippen LogP contribution in [-0.4, -0.2) is 127 Å². The molecule has 0 spiro atoms. The smallest absolute Gasteiger partial charge is 0.341 e. The van der Waals surface area contributed by atoms with E-state index in [1.807, 2.05) is 0 Å². The van der Waals surface area contributed by atoms with E-state index in [4.69, 9.17) is 30.4 Å². The molecule has 3 aliphatic heterocycles. The first-order chi connectivity index (χ1) is 27.6. The second-order valence-corrected chi connectivity index (χ2v) is 18.9. The zero-order chi connectivity index (χ0) is 40.1. The van der Waals surface area contributed by atoms with Crippen LogP contribution in [0.1, 0.15) is 135 Å². The summed E-state index contributed by atoms with van der Waals surface area (Å²) >= 11 is 0. The zero-order valence-electron chi connectivity index (χ0n) is 35.0. The summed E-state index contributed by atoms with van der Waals surface area (Å²) in [6, 6.07) is 0.246. The SMILES string of the molecule is CC(=O)OC1CC(CCC2CCC(O)C(OC3CCCC(NC(N)=[NH+]CCCC4CC[NH2+]C(N)C4)C3)C2)OC(C2CC(O)C(O)C(OCCC3CCCNC3)C2)C1. The second-order valence-electron chi connectivity index (χ2n) is 18.9. The molecule has 0 aromatic rings. The average molecular weight is 809 g/mol. The molecular weight excluding hydrogens is 729 g/mol. The largest absolute Gasteiger partial charge is 0.462 e. The quantitative estimate of drug-likeness (QED) is 0.0437. The molecule has 6 aliphatic rings. The third-order valence-corrected chi connectivity index (χ3v) is 14.2. The van der Waals surface area contributed by atoms with E-state index in [1.54, 1.807) is 0 Å². The van der Waals surface area contributed by atoms with Crippen molar-refractivity contribution in [2.24, 2.45) is 35.1 Å². The van der Waals surface area contributed by atoms with Crippen molar-refractivity contribution < 1.29 is 49.4 Å². The van der Waals surface area contributed by atoms with Crippen LogP contribution in [0.15, 0.2) is 0 Å². The lowest BCUT2D eigenvalue weighted by Crippen LogP contribution is -2.94. The van der Waals surface area contributed by atoms with Crippen LogP contribution in [0.5, 0.6) is 0 Å². The summed E-state index contributed by atoms with van der Waals surface area (Å²) in [5.41, 5.74) is 12.5. The van der Waals surface area contributed by atoms with Crippen molar-refractivity contribution in [1.29, 1.82) is 0 Å². The van der Waals surface area contributed by atoms with Gasteiger partial charge < -0.3 is 44.9 Å². The van der Waals surface area contributed by atoms with Crippen LogP contribution in [-0.2, 0) is 23.7 Å². The van der Waals surface area contributed by atoms with E-state index in [-0.39, 0.29) is 54.6 Å². The normalized spacial score (nSPS) is 41.0. The average Bonchev–Trinajstić information content (AvgIpc) is 3.18. The number of piperidine rings is 2. The van der Waals surface area contributed by atoms with Gasteiger partial charge in [-0.05, 0) is 139 Å². The maximum atomic E-state index is 12.1. The maximum absolute atomic E-state index is 12.1. The third-order valence-electron chi connectivity index (χ3n) is 14.2. The van der Waals surface area contributed by atoms with E-state index in [0.717, 1.165) is 103 Å². The van der Waals surface area contributed by atoms with Gasteiger partial charge in [-0.1, -0.05) is 0 Å². The number of quaternary nitrogens is 1. The van der Waals surface area contributed by atoms with Gasteiger partial charge in [-0.15, -0.1) is 0 Å². The maximum Gasteiger partial charge on any atom is 0.341 e. The summed E-state index contributed by atoms with van der Waals surface area (Å²) in [6.07, 6.45) is 15.4. The molecule has 0 aromatic heterocycles. The minimum absolute atomic E-state index is 0.00380. The number of nitrogens with one attached hydrogen (secondary N) is 3. The lowest BCUT2D eigenvalue weighted by molar-refractivity contribution is -0.699. The van der Waals surface area contributed by atoms with E-state index >= 15 is 0 Å². The van der Waals surface area contributed by atoms with Crippen molar-refractivity contribution in [1.82, 2.24) is 10.6 Å². The third kappa shape index (κ3) is 14.5. The summed E-state index contributed by atoms with van der Waals surface area (Å²) in [6.45, 7) is 6.10. The Bertz CT molecular complexity index is 1230. The summed E-state index contributed by atoms with van der Waals surface area (Å²) < 4.78 is 25.5. The molecule has 3 heterocycles. The Morgan fingerprint density at radius 1 is 0.860 bits per heavy atom. The highest BCUT2D eigenvalue weighted by Gasteiger charge is 2.44. The van der Waals surface area contributed by atoms with Crippen LogP contribution < -0.4 is 32.4 Å². The first-order valence-electron chi connectivity index (χ1n) is 23.1. The molecule has 12 N–H and O–H groups in total. The Balaban J connectivity index is 0.944. The number of aliphatic hydroxyl groups excluding tert-OH is 3. The predicted octanol–water partition coefficient (Wildman–Crippen LogP) is 0.0333. The van der Waals surface area contributed by atoms with Crippen LogP contribution >= 0.6 is 0 Å². The minimum atomic E-state index is -0.916. The van der Waals surface area contributed by atoms with Gasteiger partial charge in [-0.2, -0.15) is 0 Å². The van der Waals surface area contributed by atoms with Gasteiger partial charge in [0.1, 0.15) is 18.4 Å². The minimum Gasteiger partial charge on any atom is -0.462 e. The van der Waals surface area contributed by atoms with Gasteiger partial charge in [0.05, 0.1) is 61.9 Å². The topological polar surface area (TPSA) is 221 Å². The van der Waals surface area contributed by atoms with Crippen LogP contribution in [0.2, 0.25) is 0 Å². The molecule has 3 saturated carbocycles. The van der Waals surface area contributed by atoms with E-state index in [0.29, 0.717) is 56.0 Å². The first-order valence-corrected chi connectivity index (χ1v) is 23.1. The molecule has 15 unspecified atom stereocenters. The molecule has 15 atom stereocenters. The van der Waals surface area contributed by atoms with Gasteiger partial charge in [0.15, 0.2) is 0 Å². The molecule has 6 fully saturated rings. The van der Waals surface area contributed by atoms with Crippen LogP contribution in [0.25, 0.3) is 0 Å². The van der Waals surface area contributed by atoms with Crippen molar-refractivity contribution >= 4 is 11.9 Å². The first kappa shape index (κ1) is 44.9. The molecule has 0 aromatic carbocycles. The van der Waals surface area contributed by atoms with Gasteiger partial charge in [0.25, 0.3) is 0 Å². The number of rotatable bonds is 16. The number of guanidine groups is 1. The number of aliphatic hydroxyl groups is 3. The molecule has 328 valence electrons. The number of nitrogens with two attached hydrogens (primary N) is 3. The van der Waals surface area contributed by atoms with Crippen molar-refractivity contribution in [3.63, 3.8) is 0 Å². The van der Waals surface area contributed by atoms with E-state index in [1.165, 1.54) is 32.6 Å². The highest BCUT2D eigenvalue weighted by atomic mass is 16.6. The van der Waals surface area contributed by atoms with E-state index < -0.39 is 24.4 Å². The Labute approximate surface area is 341 Å². The van der Waals surface area contributed by atoms with Crippen molar-refractivity contribution in [3.8, 4) is 0 Å². The lowest BCUT2D eigenvalue weighted by Gasteiger charge is -2.44. The van der Waals surface area contributed by atoms with Crippen molar-refractivity contribution in [2.45, 2.75) is 202 Å². The fraction of sp³-hybridized carbons (Fsp3) is 0.953. The molecule has 0 bridgehead atoms. The molecule has 57 heavy (non-hydrogen) atoms. The number of carbonyl (C=O) groups excluding carboxylic acids is 1. The molecule has 14 heteroatoms. The van der Waals surface area contributed by atoms with Crippen molar-refractivity contribution in [2.75, 3.05) is 32.8 Å². The van der Waals surface area contributed by atoms with Gasteiger partial charge in [-0.25, -0.2) is 0 Å². The summed E-state index contributed by atoms with van der Waals surface area (Å²) in [4.78, 5) is 15.5. The number of ether oxygens (including phenoxy) is 4. The summed E-state index contributed by atoms with van der Waals surface area (Å²) in [5, 5.41) is 42.0. The molecule has 0 radical (unpaired) electrons. The van der Waals surface area contributed by atoms with Gasteiger partial charge >= 0.3 is 11.9 Å². The number of hydrogen-bond acceptors (Lipinski definition) is 10. The number of esters is 1. The van der Waals surface area contributed by atoms with Crippen LogP contribution in [0, 0.1) is 23.7 Å². The lowest BCUT2D eigenvalue weighted by atomic mass is 9.77. The Hall–Kier alpha value is -1.62. The fourth-order valence-corrected chi connectivity index (χ4v) is 11.0. The summed E-state index contributed by atoms with van der Waals surface area (Å²) in [5.74, 6) is 2.06. The fourth-order valence-electron chi connectivity index (χ4n) is 11.0. The number of carbonyl (C=O) groups is 1. The Morgan fingerprint density at radius 3 is 2.53 bits per heavy atom. The zero-order valence-corrected chi connectivity index (χ0v) is 35.0. The molecule has 14 nitrogen and oxygen atoms in total. The van der Waals surface area contributed by atoms with Gasteiger partial charge in [0, 0.05) is 39.2 Å². The standard InChI is InChI=1S/C43H78N6O8/c1-27(50)55-35-24-34(56-38(25-35)31-21-37(52)42(53)40(22-31)54-18-14-30-6-3-15-46-26-30)11-9-29-10-12-36(51)39(19-29)57-33-8-2-7-32(23-33)49-43(45)48-16-4-5-28-13-17-47-41(44)20-28/h28-42,46-47,51-53H,2-26,44H2,1H3,(H3,45,48,49)/p+2.